The van der Waals surface area contributed by atoms with Gasteiger partial charge in [-0.1, -0.05) is 47.5 Å². The number of rotatable bonds is 3. The van der Waals surface area contributed by atoms with Crippen LogP contribution in [0.5, 0.6) is 11.5 Å². The SMILES string of the molecule is Oc1ccc2ccc(OCc3cccc(Cl)c3Cl)cc2c1. The molecule has 0 aliphatic carbocycles. The highest BCUT2D eigenvalue weighted by atomic mass is 35.5. The average molecular weight is 319 g/mol. The Hall–Kier alpha value is -1.90. The van der Waals surface area contributed by atoms with Crippen LogP contribution in [0.25, 0.3) is 10.8 Å². The van der Waals surface area contributed by atoms with Crippen LogP contribution in [-0.2, 0) is 6.61 Å². The Morgan fingerprint density at radius 2 is 1.71 bits per heavy atom. The molecule has 1 N–H and O–H groups in total. The van der Waals surface area contributed by atoms with Crippen molar-refractivity contribution in [1.29, 1.82) is 0 Å². The zero-order chi connectivity index (χ0) is 14.8. The van der Waals surface area contributed by atoms with Crippen molar-refractivity contribution in [2.75, 3.05) is 0 Å². The van der Waals surface area contributed by atoms with Crippen molar-refractivity contribution in [3.63, 3.8) is 0 Å². The number of phenolic OH excluding ortho intramolecular Hbond substituents is 1. The normalized spacial score (nSPS) is 10.8. The summed E-state index contributed by atoms with van der Waals surface area (Å²) < 4.78 is 5.75. The van der Waals surface area contributed by atoms with Crippen LogP contribution in [0, 0.1) is 0 Å². The molecule has 0 heterocycles. The van der Waals surface area contributed by atoms with Gasteiger partial charge in [0.15, 0.2) is 0 Å². The first-order chi connectivity index (χ1) is 10.1. The molecule has 106 valence electrons. The molecule has 4 heteroatoms. The van der Waals surface area contributed by atoms with Crippen LogP contribution in [0.2, 0.25) is 10.0 Å². The third-order valence-corrected chi connectivity index (χ3v) is 4.08. The summed E-state index contributed by atoms with van der Waals surface area (Å²) in [5, 5.41) is 12.5. The summed E-state index contributed by atoms with van der Waals surface area (Å²) in [5.74, 6) is 0.946. The highest BCUT2D eigenvalue weighted by molar-refractivity contribution is 6.42. The molecule has 0 atom stereocenters. The number of hydrogen-bond donors (Lipinski definition) is 1. The molecule has 0 saturated heterocycles. The molecule has 0 aliphatic heterocycles. The fraction of sp³-hybridized carbons (Fsp3) is 0.0588. The maximum atomic E-state index is 9.52. The summed E-state index contributed by atoms with van der Waals surface area (Å²) in [4.78, 5) is 0. The summed E-state index contributed by atoms with van der Waals surface area (Å²) in [6, 6.07) is 16.4. The Morgan fingerprint density at radius 1 is 0.905 bits per heavy atom. The molecule has 0 spiro atoms. The van der Waals surface area contributed by atoms with Gasteiger partial charge in [0, 0.05) is 5.56 Å². The predicted molar refractivity (Wildman–Crippen MR) is 86.4 cm³/mol. The minimum absolute atomic E-state index is 0.234. The third kappa shape index (κ3) is 3.07. The van der Waals surface area contributed by atoms with Crippen LogP contribution in [0.15, 0.2) is 54.6 Å². The summed E-state index contributed by atoms with van der Waals surface area (Å²) >= 11 is 12.1. The minimum atomic E-state index is 0.234. The lowest BCUT2D eigenvalue weighted by Gasteiger charge is -2.09. The van der Waals surface area contributed by atoms with Crippen LogP contribution < -0.4 is 4.74 Å². The second-order valence-electron chi connectivity index (χ2n) is 4.69. The molecule has 0 radical (unpaired) electrons. The van der Waals surface area contributed by atoms with Crippen molar-refractivity contribution < 1.29 is 9.84 Å². The molecule has 3 aromatic carbocycles. The molecule has 2 nitrogen and oxygen atoms in total. The number of halogens is 2. The molecular weight excluding hydrogens is 307 g/mol. The Labute approximate surface area is 132 Å². The summed E-state index contributed by atoms with van der Waals surface area (Å²) in [6.45, 7) is 0.337. The van der Waals surface area contributed by atoms with Gasteiger partial charge in [-0.25, -0.2) is 0 Å². The lowest BCUT2D eigenvalue weighted by Crippen LogP contribution is -1.96. The van der Waals surface area contributed by atoms with Crippen LogP contribution >= 0.6 is 23.2 Å². The maximum absolute atomic E-state index is 9.52. The van der Waals surface area contributed by atoms with Crippen LogP contribution in [0.1, 0.15) is 5.56 Å². The van der Waals surface area contributed by atoms with E-state index in [0.717, 1.165) is 16.3 Å². The zero-order valence-electron chi connectivity index (χ0n) is 11.0. The molecule has 3 rings (SSSR count). The van der Waals surface area contributed by atoms with Crippen molar-refractivity contribution in [2.24, 2.45) is 0 Å². The summed E-state index contributed by atoms with van der Waals surface area (Å²) in [5.41, 5.74) is 0.833. The average Bonchev–Trinajstić information content (AvgIpc) is 2.48. The van der Waals surface area contributed by atoms with Crippen molar-refractivity contribution in [3.05, 3.63) is 70.2 Å². The van der Waals surface area contributed by atoms with E-state index in [1.807, 2.05) is 36.4 Å². The topological polar surface area (TPSA) is 29.5 Å². The number of aromatic hydroxyl groups is 1. The summed E-state index contributed by atoms with van der Waals surface area (Å²) in [7, 11) is 0. The van der Waals surface area contributed by atoms with Crippen molar-refractivity contribution in [1.82, 2.24) is 0 Å². The van der Waals surface area contributed by atoms with Gasteiger partial charge in [-0.15, -0.1) is 0 Å². The standard InChI is InChI=1S/C17H12Cl2O2/c18-16-3-1-2-12(17(16)19)10-21-15-7-5-11-4-6-14(20)8-13(11)9-15/h1-9,20H,10H2. The van der Waals surface area contributed by atoms with Crippen LogP contribution in [0.3, 0.4) is 0 Å². The van der Waals surface area contributed by atoms with Crippen molar-refractivity contribution in [3.8, 4) is 11.5 Å². The van der Waals surface area contributed by atoms with E-state index in [4.69, 9.17) is 27.9 Å². The minimum Gasteiger partial charge on any atom is -0.508 e. The van der Waals surface area contributed by atoms with Crippen molar-refractivity contribution in [2.45, 2.75) is 6.61 Å². The van der Waals surface area contributed by atoms with E-state index in [-0.39, 0.29) is 5.75 Å². The first-order valence-corrected chi connectivity index (χ1v) is 7.17. The lowest BCUT2D eigenvalue weighted by molar-refractivity contribution is 0.307. The van der Waals surface area contributed by atoms with Crippen LogP contribution in [0.4, 0.5) is 0 Å². The van der Waals surface area contributed by atoms with Gasteiger partial charge in [0.1, 0.15) is 18.1 Å². The smallest absolute Gasteiger partial charge is 0.120 e. The van der Waals surface area contributed by atoms with E-state index in [9.17, 15) is 5.11 Å². The van der Waals surface area contributed by atoms with E-state index >= 15 is 0 Å². The second-order valence-corrected chi connectivity index (χ2v) is 5.48. The molecule has 0 saturated carbocycles. The second kappa shape index (κ2) is 5.84. The highest BCUT2D eigenvalue weighted by Crippen LogP contribution is 2.28. The number of fused-ring (bicyclic) bond motifs is 1. The molecule has 0 bridgehead atoms. The number of hydrogen-bond acceptors (Lipinski definition) is 2. The number of benzene rings is 3. The molecule has 0 fully saturated rings. The molecule has 0 aliphatic rings. The number of phenols is 1. The molecule has 3 aromatic rings. The third-order valence-electron chi connectivity index (χ3n) is 3.22. The monoisotopic (exact) mass is 318 g/mol. The van der Waals surface area contributed by atoms with E-state index in [1.54, 1.807) is 18.2 Å². The van der Waals surface area contributed by atoms with Crippen LogP contribution in [-0.4, -0.2) is 5.11 Å². The molecule has 0 aromatic heterocycles. The van der Waals surface area contributed by atoms with Gasteiger partial charge in [-0.05, 0) is 41.1 Å². The van der Waals surface area contributed by atoms with Crippen molar-refractivity contribution >= 4 is 34.0 Å². The Bertz CT molecular complexity index is 800. The fourth-order valence-electron chi connectivity index (χ4n) is 2.12. The number of ether oxygens (including phenoxy) is 1. The molecule has 0 unspecified atom stereocenters. The van der Waals surface area contributed by atoms with E-state index in [0.29, 0.717) is 22.4 Å². The van der Waals surface area contributed by atoms with Gasteiger partial charge in [0.05, 0.1) is 10.0 Å². The maximum Gasteiger partial charge on any atom is 0.120 e. The van der Waals surface area contributed by atoms with Gasteiger partial charge in [-0.2, -0.15) is 0 Å². The Morgan fingerprint density at radius 3 is 2.57 bits per heavy atom. The van der Waals surface area contributed by atoms with Gasteiger partial charge in [0.2, 0.25) is 0 Å². The summed E-state index contributed by atoms with van der Waals surface area (Å²) in [6.07, 6.45) is 0. The lowest BCUT2D eigenvalue weighted by atomic mass is 10.1. The highest BCUT2D eigenvalue weighted by Gasteiger charge is 2.05. The van der Waals surface area contributed by atoms with E-state index < -0.39 is 0 Å². The predicted octanol–water partition coefficient (Wildman–Crippen LogP) is 5.43. The quantitative estimate of drug-likeness (QED) is 0.697. The largest absolute Gasteiger partial charge is 0.508 e. The Kier molecular flexibility index (Phi) is 3.91. The zero-order valence-corrected chi connectivity index (χ0v) is 12.5. The first-order valence-electron chi connectivity index (χ1n) is 6.42. The van der Waals surface area contributed by atoms with Gasteiger partial charge in [0.25, 0.3) is 0 Å². The Balaban J connectivity index is 1.83. The van der Waals surface area contributed by atoms with Gasteiger partial charge >= 0.3 is 0 Å². The fourth-order valence-corrected chi connectivity index (χ4v) is 2.50. The van der Waals surface area contributed by atoms with E-state index in [2.05, 4.69) is 0 Å². The van der Waals surface area contributed by atoms with E-state index in [1.165, 1.54) is 0 Å². The molecule has 21 heavy (non-hydrogen) atoms. The first kappa shape index (κ1) is 14.1. The molecule has 0 amide bonds. The van der Waals surface area contributed by atoms with Gasteiger partial charge in [-0.3, -0.25) is 0 Å². The van der Waals surface area contributed by atoms with Gasteiger partial charge < -0.3 is 9.84 Å². The molecular formula is C17H12Cl2O2.